The molecule has 1 nitrogen and oxygen atoms in total. The normalized spacial score (nSPS) is 27.7. The number of hydrogen-bond donors (Lipinski definition) is 0. The van der Waals surface area contributed by atoms with E-state index in [0.29, 0.717) is 0 Å². The third-order valence-electron chi connectivity index (χ3n) is 4.69. The Morgan fingerprint density at radius 1 is 0.929 bits per heavy atom. The molecule has 1 saturated carbocycles. The molecule has 0 aliphatic heterocycles. The maximum Gasteiger partial charge on any atom is 0.142 e. The molecule has 0 unspecified atom stereocenters. The van der Waals surface area contributed by atoms with E-state index in [2.05, 4.69) is 45.3 Å². The Bertz CT molecular complexity index is 255. The van der Waals surface area contributed by atoms with E-state index in [-0.39, 0.29) is 15.7 Å². The van der Waals surface area contributed by atoms with Crippen molar-refractivity contribution in [2.24, 2.45) is 0 Å². The van der Waals surface area contributed by atoms with Crippen LogP contribution in [0.3, 0.4) is 0 Å². The summed E-state index contributed by atoms with van der Waals surface area (Å²) in [6.07, 6.45) is 7.12. The van der Waals surface area contributed by atoms with E-state index in [1.165, 1.54) is 12.8 Å². The van der Waals surface area contributed by atoms with E-state index >= 15 is 0 Å². The molecule has 0 aromatic heterocycles. The van der Waals surface area contributed by atoms with E-state index in [4.69, 9.17) is 0 Å². The van der Waals surface area contributed by atoms with E-state index in [1.807, 2.05) is 0 Å². The van der Waals surface area contributed by atoms with Crippen LogP contribution in [0.2, 0.25) is 15.7 Å². The highest BCUT2D eigenvalue weighted by atomic mass is 16.1. The summed E-state index contributed by atoms with van der Waals surface area (Å²) in [5.74, 6) is 0. The van der Waals surface area contributed by atoms with E-state index in [1.54, 1.807) is 6.08 Å². The van der Waals surface area contributed by atoms with Gasteiger partial charge in [0.2, 0.25) is 0 Å². The van der Waals surface area contributed by atoms with Crippen molar-refractivity contribution >= 4 is 45.5 Å². The van der Waals surface area contributed by atoms with Crippen molar-refractivity contribution in [1.82, 2.24) is 0 Å². The summed E-state index contributed by atoms with van der Waals surface area (Å²) >= 11 is 0. The Balaban J connectivity index is 3.12. The van der Waals surface area contributed by atoms with Crippen LogP contribution in [0.15, 0.2) is 12.2 Å². The molecule has 0 N–H and O–H groups in total. The number of rotatable bonds is 2. The van der Waals surface area contributed by atoms with Gasteiger partial charge in [-0.2, -0.15) is 0 Å². The highest BCUT2D eigenvalue weighted by Crippen LogP contribution is 2.69. The lowest BCUT2D eigenvalue weighted by Gasteiger charge is -2.46. The van der Waals surface area contributed by atoms with Crippen molar-refractivity contribution in [3.8, 4) is 0 Å². The molecule has 0 aromatic carbocycles. The molecule has 0 heterocycles. The van der Waals surface area contributed by atoms with E-state index in [9.17, 15) is 4.79 Å². The van der Waals surface area contributed by atoms with Crippen LogP contribution in [0.4, 0.5) is 0 Å². The molecular formula is C8H17B5O. The second-order valence-corrected chi connectivity index (χ2v) is 5.97. The maximum absolute atomic E-state index is 10.4. The topological polar surface area (TPSA) is 17.1 Å². The molecule has 0 atom stereocenters. The molecule has 1 rings (SSSR count). The van der Waals surface area contributed by atoms with Gasteiger partial charge in [-0.25, -0.2) is 0 Å². The average Bonchev–Trinajstić information content (AvgIpc) is 2.24. The highest BCUT2D eigenvalue weighted by molar-refractivity contribution is 6.53. The van der Waals surface area contributed by atoms with Gasteiger partial charge >= 0.3 is 0 Å². The number of hydrogen-bond acceptors (Lipinski definition) is 1. The Kier molecular flexibility index (Phi) is 2.86. The van der Waals surface area contributed by atoms with Gasteiger partial charge in [-0.15, -0.1) is 0 Å². The number of allylic oxidation sites excluding steroid dienone is 2. The Morgan fingerprint density at radius 3 is 1.71 bits per heavy atom. The molecule has 0 spiro atoms. The van der Waals surface area contributed by atoms with Crippen molar-refractivity contribution < 1.29 is 4.79 Å². The SMILES string of the molecule is BC1(B)CCC(B)(B)C1(B)/C=C/C=O. The van der Waals surface area contributed by atoms with Crippen LogP contribution < -0.4 is 0 Å². The van der Waals surface area contributed by atoms with Gasteiger partial charge in [0.05, 0.1) is 31.4 Å². The third kappa shape index (κ3) is 1.53. The summed E-state index contributed by atoms with van der Waals surface area (Å²) in [5.41, 5.74) is 0. The van der Waals surface area contributed by atoms with Gasteiger partial charge in [0.25, 0.3) is 0 Å². The average molecular weight is 183 g/mol. The fraction of sp³-hybridized carbons (Fsp3) is 0.625. The lowest BCUT2D eigenvalue weighted by atomic mass is 9.27. The van der Waals surface area contributed by atoms with Crippen LogP contribution >= 0.6 is 0 Å². The van der Waals surface area contributed by atoms with Gasteiger partial charge in [-0.1, -0.05) is 34.7 Å². The monoisotopic (exact) mass is 184 g/mol. The van der Waals surface area contributed by atoms with E-state index < -0.39 is 0 Å². The first-order valence-electron chi connectivity index (χ1n) is 5.40. The number of carbonyl (C=O) groups excluding carboxylic acids is 1. The number of carbonyl (C=O) groups is 1. The Hall–Kier alpha value is -0.265. The zero-order chi connectivity index (χ0) is 11.0. The molecule has 0 radical (unpaired) electrons. The van der Waals surface area contributed by atoms with Crippen LogP contribution in [-0.4, -0.2) is 45.5 Å². The number of aldehydes is 1. The van der Waals surface area contributed by atoms with Gasteiger partial charge in [0, 0.05) is 0 Å². The minimum absolute atomic E-state index is 0.126. The predicted molar refractivity (Wildman–Crippen MR) is 75.2 cm³/mol. The van der Waals surface area contributed by atoms with Gasteiger partial charge in [-0.3, -0.25) is 4.79 Å². The molecule has 0 bridgehead atoms. The zero-order valence-electron chi connectivity index (χ0n) is 10.1. The van der Waals surface area contributed by atoms with Gasteiger partial charge in [0.15, 0.2) is 0 Å². The first-order chi connectivity index (χ1) is 6.27. The lowest BCUT2D eigenvalue weighted by molar-refractivity contribution is -0.104. The molecule has 1 fully saturated rings. The minimum atomic E-state index is 0.126. The predicted octanol–water partition coefficient (Wildman–Crippen LogP) is -2.91. The summed E-state index contributed by atoms with van der Waals surface area (Å²) in [6, 6.07) is 0. The third-order valence-corrected chi connectivity index (χ3v) is 4.69. The van der Waals surface area contributed by atoms with Crippen LogP contribution in [0.5, 0.6) is 0 Å². The van der Waals surface area contributed by atoms with Crippen LogP contribution in [0, 0.1) is 0 Å². The fourth-order valence-corrected chi connectivity index (χ4v) is 2.74. The molecule has 1 aliphatic carbocycles. The molecule has 0 amide bonds. The molecule has 6 heteroatoms. The summed E-state index contributed by atoms with van der Waals surface area (Å²) in [5, 5.41) is 0.701. The smallest absolute Gasteiger partial charge is 0.142 e. The van der Waals surface area contributed by atoms with Crippen molar-refractivity contribution in [3.63, 3.8) is 0 Å². The summed E-state index contributed by atoms with van der Waals surface area (Å²) in [4.78, 5) is 10.4. The highest BCUT2D eigenvalue weighted by Gasteiger charge is 2.53. The van der Waals surface area contributed by atoms with E-state index in [0.717, 1.165) is 6.29 Å². The standard InChI is InChI=1S/C8H17B5O/c9-6(2-1-5-14)7(10,11)3-4-8(6,12)13/h1-2,5H,3-4,9-13H2/b2-1+. The van der Waals surface area contributed by atoms with Crippen molar-refractivity contribution in [1.29, 1.82) is 0 Å². The lowest BCUT2D eigenvalue weighted by Crippen LogP contribution is -2.34. The molecule has 70 valence electrons. The van der Waals surface area contributed by atoms with Gasteiger partial charge in [0.1, 0.15) is 14.1 Å². The molecule has 14 heavy (non-hydrogen) atoms. The Labute approximate surface area is 91.5 Å². The summed E-state index contributed by atoms with van der Waals surface area (Å²) < 4.78 is 0. The van der Waals surface area contributed by atoms with Crippen LogP contribution in [-0.2, 0) is 4.79 Å². The van der Waals surface area contributed by atoms with Crippen LogP contribution in [0.1, 0.15) is 12.8 Å². The molecule has 0 saturated heterocycles. The van der Waals surface area contributed by atoms with Gasteiger partial charge in [-0.05, 0) is 6.08 Å². The molecule has 1 aliphatic rings. The summed E-state index contributed by atoms with van der Waals surface area (Å²) in [6.45, 7) is 0. The first kappa shape index (κ1) is 11.8. The zero-order valence-corrected chi connectivity index (χ0v) is 10.1. The second-order valence-electron chi connectivity index (χ2n) is 5.97. The van der Waals surface area contributed by atoms with Gasteiger partial charge < -0.3 is 0 Å². The van der Waals surface area contributed by atoms with Crippen molar-refractivity contribution in [2.45, 2.75) is 28.6 Å². The summed E-state index contributed by atoms with van der Waals surface area (Å²) in [7, 11) is 11.5. The Morgan fingerprint density at radius 2 is 1.36 bits per heavy atom. The largest absolute Gasteiger partial charge is 0.299 e. The molecule has 0 aromatic rings. The van der Waals surface area contributed by atoms with Crippen LogP contribution in [0.25, 0.3) is 0 Å². The van der Waals surface area contributed by atoms with Crippen molar-refractivity contribution in [2.75, 3.05) is 0 Å². The fourth-order valence-electron chi connectivity index (χ4n) is 2.74. The molecular weight excluding hydrogens is 166 g/mol. The maximum atomic E-state index is 10.4. The minimum Gasteiger partial charge on any atom is -0.299 e. The quantitative estimate of drug-likeness (QED) is 0.255. The second kappa shape index (κ2) is 3.39. The van der Waals surface area contributed by atoms with Crippen molar-refractivity contribution in [3.05, 3.63) is 12.2 Å². The first-order valence-corrected chi connectivity index (χ1v) is 5.40.